The highest BCUT2D eigenvalue weighted by Crippen LogP contribution is 2.32. The molecule has 0 bridgehead atoms. The van der Waals surface area contributed by atoms with Gasteiger partial charge in [0.25, 0.3) is 0 Å². The largest absolute Gasteiger partial charge is 0.492 e. The second-order valence-electron chi connectivity index (χ2n) is 4.19. The fourth-order valence-electron chi connectivity index (χ4n) is 1.70. The number of benzene rings is 1. The van der Waals surface area contributed by atoms with Gasteiger partial charge in [-0.25, -0.2) is 4.79 Å². The van der Waals surface area contributed by atoms with E-state index in [1.165, 1.54) is 0 Å². The maximum Gasteiger partial charge on any atom is 0.339 e. The van der Waals surface area contributed by atoms with Crippen LogP contribution in [0.1, 0.15) is 55.5 Å². The fourth-order valence-corrected chi connectivity index (χ4v) is 1.70. The SMILES string of the molecule is CCCOc1c(C(=O)O)cccc1C(C)CC. The highest BCUT2D eigenvalue weighted by Gasteiger charge is 2.18. The van der Waals surface area contributed by atoms with Crippen LogP contribution in [-0.2, 0) is 0 Å². The highest BCUT2D eigenvalue weighted by atomic mass is 16.5. The number of carbonyl (C=O) groups is 1. The van der Waals surface area contributed by atoms with E-state index in [9.17, 15) is 4.79 Å². The van der Waals surface area contributed by atoms with Crippen LogP contribution in [-0.4, -0.2) is 17.7 Å². The van der Waals surface area contributed by atoms with Crippen molar-refractivity contribution in [3.05, 3.63) is 29.3 Å². The lowest BCUT2D eigenvalue weighted by molar-refractivity contribution is 0.0692. The summed E-state index contributed by atoms with van der Waals surface area (Å²) in [5.41, 5.74) is 1.25. The second kappa shape index (κ2) is 6.28. The van der Waals surface area contributed by atoms with E-state index in [1.807, 2.05) is 13.0 Å². The lowest BCUT2D eigenvalue weighted by Gasteiger charge is -2.17. The number of para-hydroxylation sites is 1. The molecule has 0 spiro atoms. The molecule has 0 heterocycles. The average molecular weight is 236 g/mol. The first kappa shape index (κ1) is 13.6. The molecule has 0 fully saturated rings. The molecular formula is C14H20O3. The monoisotopic (exact) mass is 236 g/mol. The Bertz CT molecular complexity index is 385. The number of hydrogen-bond acceptors (Lipinski definition) is 2. The molecule has 0 aliphatic rings. The molecule has 3 heteroatoms. The van der Waals surface area contributed by atoms with Crippen LogP contribution in [0, 0.1) is 0 Å². The summed E-state index contributed by atoms with van der Waals surface area (Å²) in [6.07, 6.45) is 1.83. The van der Waals surface area contributed by atoms with E-state index in [2.05, 4.69) is 13.8 Å². The number of rotatable bonds is 6. The summed E-state index contributed by atoms with van der Waals surface area (Å²) in [6.45, 7) is 6.72. The molecule has 1 atom stereocenters. The molecule has 0 aromatic heterocycles. The molecule has 0 saturated heterocycles. The first-order valence-electron chi connectivity index (χ1n) is 6.10. The standard InChI is InChI=1S/C14H20O3/c1-4-9-17-13-11(10(3)5-2)7-6-8-12(13)14(15)16/h6-8,10H,4-5,9H2,1-3H3,(H,15,16). The Hall–Kier alpha value is -1.51. The van der Waals surface area contributed by atoms with Crippen molar-refractivity contribution in [2.24, 2.45) is 0 Å². The van der Waals surface area contributed by atoms with E-state index < -0.39 is 5.97 Å². The summed E-state index contributed by atoms with van der Waals surface area (Å²) in [4.78, 5) is 11.2. The van der Waals surface area contributed by atoms with Gasteiger partial charge in [0, 0.05) is 0 Å². The topological polar surface area (TPSA) is 46.5 Å². The van der Waals surface area contributed by atoms with Gasteiger partial charge in [-0.05, 0) is 30.4 Å². The molecule has 1 aromatic carbocycles. The van der Waals surface area contributed by atoms with Crippen LogP contribution in [0.5, 0.6) is 5.75 Å². The number of carboxylic acid groups (broad SMARTS) is 1. The third kappa shape index (κ3) is 3.22. The minimum absolute atomic E-state index is 0.260. The molecule has 0 radical (unpaired) electrons. The van der Waals surface area contributed by atoms with Crippen LogP contribution in [0.4, 0.5) is 0 Å². The molecule has 0 amide bonds. The smallest absolute Gasteiger partial charge is 0.339 e. The summed E-state index contributed by atoms with van der Waals surface area (Å²) >= 11 is 0. The van der Waals surface area contributed by atoms with Gasteiger partial charge in [0.2, 0.25) is 0 Å². The van der Waals surface area contributed by atoms with Crippen LogP contribution >= 0.6 is 0 Å². The van der Waals surface area contributed by atoms with Crippen LogP contribution in [0.15, 0.2) is 18.2 Å². The van der Waals surface area contributed by atoms with E-state index in [4.69, 9.17) is 9.84 Å². The van der Waals surface area contributed by atoms with E-state index in [0.717, 1.165) is 18.4 Å². The molecule has 0 aliphatic carbocycles. The van der Waals surface area contributed by atoms with Crippen molar-refractivity contribution < 1.29 is 14.6 Å². The average Bonchev–Trinajstić information content (AvgIpc) is 2.34. The summed E-state index contributed by atoms with van der Waals surface area (Å²) in [5, 5.41) is 9.16. The van der Waals surface area contributed by atoms with Gasteiger partial charge in [0.05, 0.1) is 6.61 Å². The molecule has 1 rings (SSSR count). The predicted molar refractivity (Wildman–Crippen MR) is 67.9 cm³/mol. The Balaban J connectivity index is 3.18. The molecule has 0 aliphatic heterocycles. The third-order valence-corrected chi connectivity index (χ3v) is 2.87. The molecule has 1 unspecified atom stereocenters. The Morgan fingerprint density at radius 1 is 1.41 bits per heavy atom. The zero-order valence-corrected chi connectivity index (χ0v) is 10.7. The van der Waals surface area contributed by atoms with Gasteiger partial charge in [0.1, 0.15) is 11.3 Å². The zero-order valence-electron chi connectivity index (χ0n) is 10.7. The Morgan fingerprint density at radius 3 is 2.65 bits per heavy atom. The highest BCUT2D eigenvalue weighted by molar-refractivity contribution is 5.91. The zero-order chi connectivity index (χ0) is 12.8. The lowest BCUT2D eigenvalue weighted by atomic mass is 9.95. The van der Waals surface area contributed by atoms with Crippen molar-refractivity contribution in [2.45, 2.75) is 39.5 Å². The third-order valence-electron chi connectivity index (χ3n) is 2.87. The van der Waals surface area contributed by atoms with Crippen molar-refractivity contribution in [2.75, 3.05) is 6.61 Å². The van der Waals surface area contributed by atoms with Crippen molar-refractivity contribution in [3.8, 4) is 5.75 Å². The van der Waals surface area contributed by atoms with Gasteiger partial charge < -0.3 is 9.84 Å². The summed E-state index contributed by atoms with van der Waals surface area (Å²) in [6, 6.07) is 5.33. The van der Waals surface area contributed by atoms with E-state index >= 15 is 0 Å². The molecule has 1 aromatic rings. The first-order chi connectivity index (χ1) is 8.11. The maximum absolute atomic E-state index is 11.2. The van der Waals surface area contributed by atoms with Gasteiger partial charge >= 0.3 is 5.97 Å². The van der Waals surface area contributed by atoms with Crippen molar-refractivity contribution >= 4 is 5.97 Å². The number of ether oxygens (including phenoxy) is 1. The minimum Gasteiger partial charge on any atom is -0.492 e. The molecular weight excluding hydrogens is 216 g/mol. The summed E-state index contributed by atoms with van der Waals surface area (Å²) in [5.74, 6) is -0.0846. The van der Waals surface area contributed by atoms with Crippen LogP contribution in [0.3, 0.4) is 0 Å². The van der Waals surface area contributed by atoms with Crippen LogP contribution < -0.4 is 4.74 Å². The van der Waals surface area contributed by atoms with Gasteiger partial charge in [-0.15, -0.1) is 0 Å². The normalized spacial score (nSPS) is 12.2. The molecule has 1 N–H and O–H groups in total. The first-order valence-corrected chi connectivity index (χ1v) is 6.10. The quantitative estimate of drug-likeness (QED) is 0.819. The second-order valence-corrected chi connectivity index (χ2v) is 4.19. The van der Waals surface area contributed by atoms with E-state index in [1.54, 1.807) is 12.1 Å². The summed E-state index contributed by atoms with van der Waals surface area (Å²) < 4.78 is 5.62. The molecule has 3 nitrogen and oxygen atoms in total. The molecule has 0 saturated carbocycles. The van der Waals surface area contributed by atoms with Gasteiger partial charge in [-0.2, -0.15) is 0 Å². The van der Waals surface area contributed by atoms with Gasteiger partial charge in [-0.3, -0.25) is 0 Å². The van der Waals surface area contributed by atoms with Gasteiger partial charge in [-0.1, -0.05) is 32.9 Å². The maximum atomic E-state index is 11.2. The predicted octanol–water partition coefficient (Wildman–Crippen LogP) is 3.69. The van der Waals surface area contributed by atoms with Crippen molar-refractivity contribution in [3.63, 3.8) is 0 Å². The fraction of sp³-hybridized carbons (Fsp3) is 0.500. The van der Waals surface area contributed by atoms with Crippen molar-refractivity contribution in [1.82, 2.24) is 0 Å². The van der Waals surface area contributed by atoms with Crippen LogP contribution in [0.2, 0.25) is 0 Å². The number of carboxylic acids is 1. The minimum atomic E-state index is -0.929. The van der Waals surface area contributed by atoms with E-state index in [-0.39, 0.29) is 5.56 Å². The van der Waals surface area contributed by atoms with E-state index in [0.29, 0.717) is 18.3 Å². The Labute approximate surface area is 102 Å². The lowest BCUT2D eigenvalue weighted by Crippen LogP contribution is -2.08. The van der Waals surface area contributed by atoms with Crippen molar-refractivity contribution in [1.29, 1.82) is 0 Å². The molecule has 94 valence electrons. The van der Waals surface area contributed by atoms with Crippen LogP contribution in [0.25, 0.3) is 0 Å². The molecule has 17 heavy (non-hydrogen) atoms. The number of hydrogen-bond donors (Lipinski definition) is 1. The Kier molecular flexibility index (Phi) is 5.01. The summed E-state index contributed by atoms with van der Waals surface area (Å²) in [7, 11) is 0. The van der Waals surface area contributed by atoms with Gasteiger partial charge in [0.15, 0.2) is 0 Å². The number of aromatic carboxylic acids is 1. The Morgan fingerprint density at radius 2 is 2.12 bits per heavy atom.